The summed E-state index contributed by atoms with van der Waals surface area (Å²) in [6.07, 6.45) is -4.44. The molecule has 1 heterocycles. The summed E-state index contributed by atoms with van der Waals surface area (Å²) >= 11 is 6.99. The lowest BCUT2D eigenvalue weighted by Gasteiger charge is -2.14. The molecule has 2 aromatic rings. The summed E-state index contributed by atoms with van der Waals surface area (Å²) in [5.74, 6) is -0.427. The molecule has 0 spiro atoms. The van der Waals surface area contributed by atoms with E-state index < -0.39 is 17.6 Å². The number of benzene rings is 1. The molecule has 3 nitrogen and oxygen atoms in total. The van der Waals surface area contributed by atoms with Gasteiger partial charge in [0.1, 0.15) is 4.88 Å². The Morgan fingerprint density at radius 3 is 2.67 bits per heavy atom. The van der Waals surface area contributed by atoms with Crippen LogP contribution in [0.2, 0.25) is 5.02 Å². The van der Waals surface area contributed by atoms with Crippen molar-refractivity contribution in [3.8, 4) is 0 Å². The Bertz CT molecular complexity index is 684. The maximum Gasteiger partial charge on any atom is 0.416 e. The summed E-state index contributed by atoms with van der Waals surface area (Å²) in [6.45, 7) is -0.0832. The quantitative estimate of drug-likeness (QED) is 0.929. The van der Waals surface area contributed by atoms with Crippen molar-refractivity contribution in [3.05, 3.63) is 33.7 Å². The van der Waals surface area contributed by atoms with Gasteiger partial charge in [-0.05, 0) is 12.1 Å². The van der Waals surface area contributed by atoms with Crippen LogP contribution in [0, 0.1) is 0 Å². The zero-order valence-corrected chi connectivity index (χ0v) is 12.4. The van der Waals surface area contributed by atoms with Crippen LogP contribution in [0.3, 0.4) is 0 Å². The number of carbonyl (C=O) groups is 1. The summed E-state index contributed by atoms with van der Waals surface area (Å²) in [6, 6.07) is 3.18. The second kappa shape index (κ2) is 5.82. The lowest BCUT2D eigenvalue weighted by molar-refractivity contribution is -0.137. The number of carbonyl (C=O) groups excluding carboxylic acids is 1. The molecule has 0 radical (unpaired) electrons. The molecule has 0 aliphatic rings. The smallest absolute Gasteiger partial charge is 0.395 e. The maximum atomic E-state index is 12.7. The molecule has 0 aliphatic heterocycles. The molecule has 1 aromatic carbocycles. The standard InChI is InChI=1S/C13H11ClF3NO2S/c1-18(4-5-19)12(20)11-10(14)8-3-2-7(13(15,16)17)6-9(8)21-11/h2-3,6,19H,4-5H2,1H3. The summed E-state index contributed by atoms with van der Waals surface area (Å²) in [5, 5.41) is 9.37. The molecule has 21 heavy (non-hydrogen) atoms. The number of thiophene rings is 1. The van der Waals surface area contributed by atoms with Crippen LogP contribution in [0.15, 0.2) is 18.2 Å². The van der Waals surface area contributed by atoms with Crippen molar-refractivity contribution in [2.75, 3.05) is 20.2 Å². The van der Waals surface area contributed by atoms with E-state index in [1.165, 1.54) is 18.0 Å². The molecular formula is C13H11ClF3NO2S. The number of fused-ring (bicyclic) bond motifs is 1. The topological polar surface area (TPSA) is 40.5 Å². The second-order valence-corrected chi connectivity index (χ2v) is 5.83. The summed E-state index contributed by atoms with van der Waals surface area (Å²) in [4.78, 5) is 13.6. The fourth-order valence-electron chi connectivity index (χ4n) is 1.80. The highest BCUT2D eigenvalue weighted by Gasteiger charge is 2.31. The van der Waals surface area contributed by atoms with Gasteiger partial charge in [0.2, 0.25) is 0 Å². The lowest BCUT2D eigenvalue weighted by Crippen LogP contribution is -2.28. The van der Waals surface area contributed by atoms with Crippen LogP contribution in [0.25, 0.3) is 10.1 Å². The minimum absolute atomic E-state index is 0.122. The molecule has 114 valence electrons. The summed E-state index contributed by atoms with van der Waals surface area (Å²) in [7, 11) is 1.49. The van der Waals surface area contributed by atoms with Crippen LogP contribution in [0.1, 0.15) is 15.2 Å². The molecule has 0 saturated heterocycles. The molecule has 0 saturated carbocycles. The average molecular weight is 338 g/mol. The molecule has 8 heteroatoms. The highest BCUT2D eigenvalue weighted by Crippen LogP contribution is 2.39. The van der Waals surface area contributed by atoms with Crippen LogP contribution >= 0.6 is 22.9 Å². The fraction of sp³-hybridized carbons (Fsp3) is 0.308. The number of alkyl halides is 3. The van der Waals surface area contributed by atoms with E-state index in [2.05, 4.69) is 0 Å². The number of rotatable bonds is 3. The third kappa shape index (κ3) is 3.14. The van der Waals surface area contributed by atoms with Crippen LogP contribution in [-0.2, 0) is 6.18 Å². The Kier molecular flexibility index (Phi) is 4.46. The van der Waals surface area contributed by atoms with Crippen LogP contribution < -0.4 is 0 Å². The molecule has 2 rings (SSSR count). The van der Waals surface area contributed by atoms with Gasteiger partial charge >= 0.3 is 6.18 Å². The Morgan fingerprint density at radius 2 is 2.10 bits per heavy atom. The van der Waals surface area contributed by atoms with Crippen LogP contribution in [-0.4, -0.2) is 36.1 Å². The molecule has 1 aromatic heterocycles. The normalized spacial score (nSPS) is 11.9. The summed E-state index contributed by atoms with van der Waals surface area (Å²) in [5.41, 5.74) is -0.782. The molecule has 0 fully saturated rings. The van der Waals surface area contributed by atoms with E-state index in [1.54, 1.807) is 0 Å². The number of halogens is 4. The van der Waals surface area contributed by atoms with Crippen molar-refractivity contribution in [3.63, 3.8) is 0 Å². The molecule has 0 bridgehead atoms. The highest BCUT2D eigenvalue weighted by molar-refractivity contribution is 7.21. The van der Waals surface area contributed by atoms with E-state index in [-0.39, 0.29) is 23.1 Å². The lowest BCUT2D eigenvalue weighted by atomic mass is 10.1. The van der Waals surface area contributed by atoms with E-state index in [1.807, 2.05) is 0 Å². The van der Waals surface area contributed by atoms with Gasteiger partial charge in [-0.1, -0.05) is 17.7 Å². The highest BCUT2D eigenvalue weighted by atomic mass is 35.5. The first-order valence-electron chi connectivity index (χ1n) is 5.91. The van der Waals surface area contributed by atoms with Crippen molar-refractivity contribution in [2.24, 2.45) is 0 Å². The minimum atomic E-state index is -4.44. The largest absolute Gasteiger partial charge is 0.416 e. The van der Waals surface area contributed by atoms with Gasteiger partial charge in [-0.2, -0.15) is 13.2 Å². The number of aliphatic hydroxyl groups is 1. The van der Waals surface area contributed by atoms with Gasteiger partial charge in [0.25, 0.3) is 5.91 Å². The van der Waals surface area contributed by atoms with Crippen LogP contribution in [0.4, 0.5) is 13.2 Å². The first kappa shape index (κ1) is 16.1. The monoisotopic (exact) mass is 337 g/mol. The number of hydrogen-bond acceptors (Lipinski definition) is 3. The van der Waals surface area contributed by atoms with Crippen molar-refractivity contribution < 1.29 is 23.1 Å². The van der Waals surface area contributed by atoms with Gasteiger partial charge in [-0.25, -0.2) is 0 Å². The first-order valence-corrected chi connectivity index (χ1v) is 7.10. The third-order valence-corrected chi connectivity index (χ3v) is 4.58. The van der Waals surface area contributed by atoms with E-state index in [9.17, 15) is 18.0 Å². The van der Waals surface area contributed by atoms with Gasteiger partial charge in [0, 0.05) is 23.7 Å². The minimum Gasteiger partial charge on any atom is -0.395 e. The Hall–Kier alpha value is -1.31. The SMILES string of the molecule is CN(CCO)C(=O)c1sc2cc(C(F)(F)F)ccc2c1Cl. The predicted octanol–water partition coefficient (Wildman–Crippen LogP) is 3.64. The molecule has 0 atom stereocenters. The zero-order chi connectivity index (χ0) is 15.8. The first-order chi connectivity index (χ1) is 9.75. The van der Waals surface area contributed by atoms with Gasteiger partial charge in [0.15, 0.2) is 0 Å². The summed E-state index contributed by atoms with van der Waals surface area (Å²) < 4.78 is 38.3. The van der Waals surface area contributed by atoms with Crippen molar-refractivity contribution >= 4 is 38.9 Å². The predicted molar refractivity (Wildman–Crippen MR) is 75.9 cm³/mol. The van der Waals surface area contributed by atoms with Gasteiger partial charge < -0.3 is 10.0 Å². The third-order valence-electron chi connectivity index (χ3n) is 2.93. The van der Waals surface area contributed by atoms with E-state index in [0.29, 0.717) is 10.1 Å². The Morgan fingerprint density at radius 1 is 1.43 bits per heavy atom. The van der Waals surface area contributed by atoms with Gasteiger partial charge in [-0.15, -0.1) is 11.3 Å². The van der Waals surface area contributed by atoms with Crippen molar-refractivity contribution in [2.45, 2.75) is 6.18 Å². The van der Waals surface area contributed by atoms with Crippen molar-refractivity contribution in [1.29, 1.82) is 0 Å². The second-order valence-electron chi connectivity index (χ2n) is 4.40. The fourth-order valence-corrected chi connectivity index (χ4v) is 3.35. The molecule has 0 aliphatic carbocycles. The van der Waals surface area contributed by atoms with Gasteiger partial charge in [-0.3, -0.25) is 4.79 Å². The molecular weight excluding hydrogens is 327 g/mol. The molecule has 1 N–H and O–H groups in total. The zero-order valence-electron chi connectivity index (χ0n) is 10.9. The van der Waals surface area contributed by atoms with E-state index in [0.717, 1.165) is 23.5 Å². The number of aliphatic hydroxyl groups excluding tert-OH is 1. The Labute approximate surface area is 127 Å². The molecule has 1 amide bonds. The average Bonchev–Trinajstić information content (AvgIpc) is 2.74. The number of amides is 1. The number of likely N-dealkylation sites (N-methyl/N-ethyl adjacent to an activating group) is 1. The molecule has 0 unspecified atom stereocenters. The number of nitrogens with zero attached hydrogens (tertiary/aromatic N) is 1. The van der Waals surface area contributed by atoms with Gasteiger partial charge in [0.05, 0.1) is 17.2 Å². The Balaban J connectivity index is 2.48. The van der Waals surface area contributed by atoms with E-state index >= 15 is 0 Å². The van der Waals surface area contributed by atoms with Crippen molar-refractivity contribution in [1.82, 2.24) is 4.90 Å². The van der Waals surface area contributed by atoms with E-state index in [4.69, 9.17) is 16.7 Å². The van der Waals surface area contributed by atoms with Crippen LogP contribution in [0.5, 0.6) is 0 Å². The maximum absolute atomic E-state index is 12.7. The number of hydrogen-bond donors (Lipinski definition) is 1.